The van der Waals surface area contributed by atoms with Crippen molar-refractivity contribution in [2.75, 3.05) is 6.61 Å². The molecule has 20 heavy (non-hydrogen) atoms. The standard InChI is InChI=1S/C16H13NO3/c1-2-19-15-5-3-4-6-16(15)20-14-8-7-12(11-18)9-13(14)10-17/h3-9,11H,2H2,1H3. The monoisotopic (exact) mass is 267 g/mol. The van der Waals surface area contributed by atoms with Crippen molar-refractivity contribution in [2.24, 2.45) is 0 Å². The lowest BCUT2D eigenvalue weighted by atomic mass is 10.1. The number of carbonyl (C=O) groups is 1. The average molecular weight is 267 g/mol. The van der Waals surface area contributed by atoms with Crippen molar-refractivity contribution in [3.05, 3.63) is 53.6 Å². The van der Waals surface area contributed by atoms with Gasteiger partial charge in [-0.1, -0.05) is 12.1 Å². The van der Waals surface area contributed by atoms with Crippen LogP contribution in [0, 0.1) is 11.3 Å². The number of carbonyl (C=O) groups excluding carboxylic acids is 1. The van der Waals surface area contributed by atoms with Crippen LogP contribution in [0.2, 0.25) is 0 Å². The molecule has 0 aromatic heterocycles. The molecule has 0 unspecified atom stereocenters. The summed E-state index contributed by atoms with van der Waals surface area (Å²) in [6, 6.07) is 13.9. The van der Waals surface area contributed by atoms with Crippen LogP contribution in [0.15, 0.2) is 42.5 Å². The summed E-state index contributed by atoms with van der Waals surface area (Å²) in [5.74, 6) is 1.54. The van der Waals surface area contributed by atoms with Crippen LogP contribution < -0.4 is 9.47 Å². The molecule has 0 fully saturated rings. The van der Waals surface area contributed by atoms with Crippen LogP contribution in [0.25, 0.3) is 0 Å². The van der Waals surface area contributed by atoms with Gasteiger partial charge in [0, 0.05) is 5.56 Å². The van der Waals surface area contributed by atoms with E-state index in [9.17, 15) is 4.79 Å². The number of para-hydroxylation sites is 2. The van der Waals surface area contributed by atoms with Gasteiger partial charge in [0.05, 0.1) is 12.2 Å². The lowest BCUT2D eigenvalue weighted by molar-refractivity contribution is 0.112. The smallest absolute Gasteiger partial charge is 0.169 e. The van der Waals surface area contributed by atoms with E-state index in [1.807, 2.05) is 25.1 Å². The molecule has 0 aliphatic rings. The Morgan fingerprint density at radius 3 is 2.55 bits per heavy atom. The first-order valence-corrected chi connectivity index (χ1v) is 6.17. The Kier molecular flexibility index (Phi) is 4.35. The van der Waals surface area contributed by atoms with Gasteiger partial charge < -0.3 is 9.47 Å². The minimum absolute atomic E-state index is 0.306. The summed E-state index contributed by atoms with van der Waals surface area (Å²) in [5, 5.41) is 9.11. The Balaban J connectivity index is 2.35. The molecule has 0 spiro atoms. The van der Waals surface area contributed by atoms with E-state index in [2.05, 4.69) is 0 Å². The topological polar surface area (TPSA) is 59.3 Å². The maximum absolute atomic E-state index is 10.7. The third kappa shape index (κ3) is 2.96. The van der Waals surface area contributed by atoms with Crippen LogP contribution in [0.4, 0.5) is 0 Å². The molecule has 0 atom stereocenters. The van der Waals surface area contributed by atoms with Crippen LogP contribution in [0.1, 0.15) is 22.8 Å². The molecular weight excluding hydrogens is 254 g/mol. The van der Waals surface area contributed by atoms with E-state index in [1.54, 1.807) is 24.3 Å². The third-order valence-electron chi connectivity index (χ3n) is 2.63. The maximum atomic E-state index is 10.7. The predicted octanol–water partition coefficient (Wildman–Crippen LogP) is 3.56. The highest BCUT2D eigenvalue weighted by molar-refractivity contribution is 5.76. The SMILES string of the molecule is CCOc1ccccc1Oc1ccc(C=O)cc1C#N. The summed E-state index contributed by atoms with van der Waals surface area (Å²) in [7, 11) is 0. The summed E-state index contributed by atoms with van der Waals surface area (Å²) in [4.78, 5) is 10.7. The van der Waals surface area contributed by atoms with Crippen LogP contribution >= 0.6 is 0 Å². The van der Waals surface area contributed by atoms with Crippen LogP contribution in [-0.4, -0.2) is 12.9 Å². The lowest BCUT2D eigenvalue weighted by Gasteiger charge is -2.12. The summed E-state index contributed by atoms with van der Waals surface area (Å²) in [6.45, 7) is 2.41. The molecule has 4 heteroatoms. The van der Waals surface area contributed by atoms with E-state index in [1.165, 1.54) is 6.07 Å². The second-order valence-corrected chi connectivity index (χ2v) is 3.97. The second kappa shape index (κ2) is 6.39. The number of hydrogen-bond acceptors (Lipinski definition) is 4. The third-order valence-corrected chi connectivity index (χ3v) is 2.63. The van der Waals surface area contributed by atoms with Crippen molar-refractivity contribution >= 4 is 6.29 Å². The van der Waals surface area contributed by atoms with Gasteiger partial charge in [-0.15, -0.1) is 0 Å². The Labute approximate surface area is 117 Å². The molecule has 0 radical (unpaired) electrons. The van der Waals surface area contributed by atoms with Gasteiger partial charge in [-0.05, 0) is 37.3 Å². The molecule has 0 N–H and O–H groups in total. The fourth-order valence-electron chi connectivity index (χ4n) is 1.72. The molecule has 0 amide bonds. The number of ether oxygens (including phenoxy) is 2. The summed E-state index contributed by atoms with van der Waals surface area (Å²) in [5.41, 5.74) is 0.743. The molecule has 2 rings (SSSR count). The van der Waals surface area contributed by atoms with Crippen molar-refractivity contribution in [1.82, 2.24) is 0 Å². The zero-order valence-electron chi connectivity index (χ0n) is 11.0. The van der Waals surface area contributed by atoms with Crippen molar-refractivity contribution in [2.45, 2.75) is 6.92 Å². The molecule has 0 aliphatic carbocycles. The molecule has 0 heterocycles. The predicted molar refractivity (Wildman–Crippen MR) is 74.2 cm³/mol. The quantitative estimate of drug-likeness (QED) is 0.777. The number of benzene rings is 2. The van der Waals surface area contributed by atoms with Crippen LogP contribution in [-0.2, 0) is 0 Å². The number of hydrogen-bond donors (Lipinski definition) is 0. The van der Waals surface area contributed by atoms with Crippen LogP contribution in [0.3, 0.4) is 0 Å². The van der Waals surface area contributed by atoms with Gasteiger partial charge in [0.1, 0.15) is 18.1 Å². The van der Waals surface area contributed by atoms with Crippen molar-refractivity contribution in [3.63, 3.8) is 0 Å². The Hall–Kier alpha value is -2.80. The van der Waals surface area contributed by atoms with Gasteiger partial charge in [0.2, 0.25) is 0 Å². The summed E-state index contributed by atoms with van der Waals surface area (Å²) < 4.78 is 11.2. The number of nitriles is 1. The van der Waals surface area contributed by atoms with E-state index in [-0.39, 0.29) is 0 Å². The highest BCUT2D eigenvalue weighted by Gasteiger charge is 2.09. The first kappa shape index (κ1) is 13.6. The van der Waals surface area contributed by atoms with Gasteiger partial charge in [-0.3, -0.25) is 4.79 Å². The van der Waals surface area contributed by atoms with Gasteiger partial charge in [0.15, 0.2) is 11.5 Å². The van der Waals surface area contributed by atoms with Gasteiger partial charge >= 0.3 is 0 Å². The maximum Gasteiger partial charge on any atom is 0.169 e. The second-order valence-electron chi connectivity index (χ2n) is 3.97. The van der Waals surface area contributed by atoms with E-state index in [0.717, 1.165) is 0 Å². The molecule has 0 saturated carbocycles. The Bertz CT molecular complexity index is 659. The number of nitrogens with zero attached hydrogens (tertiary/aromatic N) is 1. The van der Waals surface area contributed by atoms with Gasteiger partial charge in [-0.2, -0.15) is 5.26 Å². The Morgan fingerprint density at radius 2 is 1.90 bits per heavy atom. The minimum Gasteiger partial charge on any atom is -0.490 e. The van der Waals surface area contributed by atoms with Crippen molar-refractivity contribution in [1.29, 1.82) is 5.26 Å². The summed E-state index contributed by atoms with van der Waals surface area (Å²) in [6.07, 6.45) is 0.693. The molecular formula is C16H13NO3. The fraction of sp³-hybridized carbons (Fsp3) is 0.125. The van der Waals surface area contributed by atoms with Crippen molar-refractivity contribution < 1.29 is 14.3 Å². The molecule has 0 aliphatic heterocycles. The first-order valence-electron chi connectivity index (χ1n) is 6.17. The molecule has 0 saturated heterocycles. The normalized spacial score (nSPS) is 9.60. The molecule has 4 nitrogen and oxygen atoms in total. The highest BCUT2D eigenvalue weighted by atomic mass is 16.5. The van der Waals surface area contributed by atoms with Crippen LogP contribution in [0.5, 0.6) is 17.2 Å². The fourth-order valence-corrected chi connectivity index (χ4v) is 1.72. The molecule has 2 aromatic rings. The Morgan fingerprint density at radius 1 is 1.15 bits per heavy atom. The van der Waals surface area contributed by atoms with E-state index in [0.29, 0.717) is 41.3 Å². The average Bonchev–Trinajstić information content (AvgIpc) is 2.50. The highest BCUT2D eigenvalue weighted by Crippen LogP contribution is 2.32. The van der Waals surface area contributed by atoms with E-state index >= 15 is 0 Å². The number of aldehydes is 1. The number of rotatable bonds is 5. The zero-order chi connectivity index (χ0) is 14.4. The first-order chi connectivity index (χ1) is 9.78. The van der Waals surface area contributed by atoms with Gasteiger partial charge in [-0.25, -0.2) is 0 Å². The lowest BCUT2D eigenvalue weighted by Crippen LogP contribution is -1.96. The van der Waals surface area contributed by atoms with E-state index < -0.39 is 0 Å². The van der Waals surface area contributed by atoms with Gasteiger partial charge in [0.25, 0.3) is 0 Å². The molecule has 0 bridgehead atoms. The van der Waals surface area contributed by atoms with E-state index in [4.69, 9.17) is 14.7 Å². The summed E-state index contributed by atoms with van der Waals surface area (Å²) >= 11 is 0. The van der Waals surface area contributed by atoms with Crippen molar-refractivity contribution in [3.8, 4) is 23.3 Å². The molecule has 100 valence electrons. The minimum atomic E-state index is 0.306. The zero-order valence-corrected chi connectivity index (χ0v) is 11.0. The largest absolute Gasteiger partial charge is 0.490 e. The molecule has 2 aromatic carbocycles.